The predicted molar refractivity (Wildman–Crippen MR) is 70.3 cm³/mol. The molecule has 0 unspecified atom stereocenters. The molecule has 3 nitrogen and oxygen atoms in total. The fraction of sp³-hybridized carbons (Fsp3) is 0.429. The maximum atomic E-state index is 13.4. The van der Waals surface area contributed by atoms with E-state index in [1.54, 1.807) is 0 Å². The lowest BCUT2D eigenvalue weighted by Gasteiger charge is -2.26. The summed E-state index contributed by atoms with van der Waals surface area (Å²) < 4.78 is 13.4. The predicted octanol–water partition coefficient (Wildman–Crippen LogP) is 3.39. The molecule has 0 spiro atoms. The van der Waals surface area contributed by atoms with E-state index in [9.17, 15) is 9.18 Å². The number of nitrogens with zero attached hydrogens (tertiary/aromatic N) is 2. The fourth-order valence-corrected chi connectivity index (χ4v) is 2.57. The Morgan fingerprint density at radius 3 is 2.74 bits per heavy atom. The first-order valence-corrected chi connectivity index (χ1v) is 6.64. The summed E-state index contributed by atoms with van der Waals surface area (Å²) in [6.07, 6.45) is 3.94. The van der Waals surface area contributed by atoms with Gasteiger partial charge in [0.05, 0.1) is 11.1 Å². The Balaban J connectivity index is 2.23. The van der Waals surface area contributed by atoms with Gasteiger partial charge in [-0.3, -0.25) is 4.79 Å². The first kappa shape index (κ1) is 13.8. The third-order valence-corrected chi connectivity index (χ3v) is 3.74. The minimum atomic E-state index is -0.615. The van der Waals surface area contributed by atoms with E-state index >= 15 is 0 Å². The van der Waals surface area contributed by atoms with Gasteiger partial charge >= 0.3 is 0 Å². The highest BCUT2D eigenvalue weighted by Crippen LogP contribution is 2.25. The van der Waals surface area contributed by atoms with Crippen LogP contribution in [0.3, 0.4) is 0 Å². The van der Waals surface area contributed by atoms with Crippen LogP contribution < -0.4 is 0 Å². The molecule has 0 aromatic heterocycles. The Hall–Kier alpha value is -1.60. The van der Waals surface area contributed by atoms with Crippen LogP contribution in [0.25, 0.3) is 0 Å². The Morgan fingerprint density at radius 1 is 1.47 bits per heavy atom. The monoisotopic (exact) mass is 280 g/mol. The number of carbonyl (C=O) groups is 1. The molecule has 0 bridgehead atoms. The number of hydrogen-bond acceptors (Lipinski definition) is 2. The van der Waals surface area contributed by atoms with E-state index in [2.05, 4.69) is 0 Å². The molecule has 5 heteroatoms. The number of rotatable bonds is 3. The molecule has 0 radical (unpaired) electrons. The first-order chi connectivity index (χ1) is 9.13. The Bertz CT molecular complexity index is 521. The number of carbonyl (C=O) groups excluding carboxylic acids is 1. The van der Waals surface area contributed by atoms with Crippen LogP contribution in [-0.4, -0.2) is 23.4 Å². The highest BCUT2D eigenvalue weighted by Gasteiger charge is 2.27. The minimum absolute atomic E-state index is 0.00995. The SMILES string of the molecule is N#CCN(C(=O)c1ccc(Cl)c(F)c1)C1CCCC1. The topological polar surface area (TPSA) is 44.1 Å². The molecule has 1 aliphatic carbocycles. The molecular formula is C14H14ClFN2O. The second-order valence-corrected chi connectivity index (χ2v) is 5.07. The molecule has 1 aromatic carbocycles. The van der Waals surface area contributed by atoms with Crippen molar-refractivity contribution in [2.45, 2.75) is 31.7 Å². The van der Waals surface area contributed by atoms with E-state index < -0.39 is 5.82 Å². The quantitative estimate of drug-likeness (QED) is 0.797. The largest absolute Gasteiger partial charge is 0.322 e. The van der Waals surface area contributed by atoms with Crippen molar-refractivity contribution < 1.29 is 9.18 Å². The summed E-state index contributed by atoms with van der Waals surface area (Å²) in [4.78, 5) is 13.9. The van der Waals surface area contributed by atoms with Gasteiger partial charge in [-0.2, -0.15) is 5.26 Å². The van der Waals surface area contributed by atoms with Gasteiger partial charge in [-0.15, -0.1) is 0 Å². The summed E-state index contributed by atoms with van der Waals surface area (Å²) in [5, 5.41) is 8.84. The molecule has 0 heterocycles. The zero-order chi connectivity index (χ0) is 13.8. The summed E-state index contributed by atoms with van der Waals surface area (Å²) in [6, 6.07) is 6.08. The van der Waals surface area contributed by atoms with E-state index in [4.69, 9.17) is 16.9 Å². The normalized spacial score (nSPS) is 15.2. The molecule has 2 rings (SSSR count). The summed E-state index contributed by atoms with van der Waals surface area (Å²) in [7, 11) is 0. The smallest absolute Gasteiger partial charge is 0.255 e. The van der Waals surface area contributed by atoms with E-state index in [0.717, 1.165) is 31.7 Å². The molecule has 1 aromatic rings. The molecule has 1 amide bonds. The molecular weight excluding hydrogens is 267 g/mol. The van der Waals surface area contributed by atoms with E-state index in [0.29, 0.717) is 0 Å². The fourth-order valence-electron chi connectivity index (χ4n) is 2.45. The molecule has 100 valence electrons. The van der Waals surface area contributed by atoms with Crippen molar-refractivity contribution in [1.29, 1.82) is 5.26 Å². The molecule has 0 aliphatic heterocycles. The van der Waals surface area contributed by atoms with Gasteiger partial charge in [0.1, 0.15) is 12.4 Å². The van der Waals surface area contributed by atoms with Crippen LogP contribution >= 0.6 is 11.6 Å². The van der Waals surface area contributed by atoms with Crippen molar-refractivity contribution in [2.75, 3.05) is 6.54 Å². The van der Waals surface area contributed by atoms with Crippen molar-refractivity contribution in [1.82, 2.24) is 4.90 Å². The number of hydrogen-bond donors (Lipinski definition) is 0. The Kier molecular flexibility index (Phi) is 4.39. The molecule has 1 aliphatic rings. The third-order valence-electron chi connectivity index (χ3n) is 3.43. The van der Waals surface area contributed by atoms with E-state index in [1.165, 1.54) is 17.0 Å². The summed E-state index contributed by atoms with van der Waals surface area (Å²) in [5.74, 6) is -0.917. The van der Waals surface area contributed by atoms with Gasteiger partial charge in [0.15, 0.2) is 0 Å². The van der Waals surface area contributed by atoms with Crippen LogP contribution in [0.1, 0.15) is 36.0 Å². The molecule has 0 atom stereocenters. The molecule has 0 N–H and O–H groups in total. The van der Waals surface area contributed by atoms with Crippen molar-refractivity contribution in [3.8, 4) is 6.07 Å². The standard InChI is InChI=1S/C14H14ClFN2O/c15-12-6-5-10(9-13(12)16)14(19)18(8-7-17)11-3-1-2-4-11/h5-6,9,11H,1-4,8H2. The lowest BCUT2D eigenvalue weighted by atomic mass is 10.1. The molecule has 1 saturated carbocycles. The highest BCUT2D eigenvalue weighted by atomic mass is 35.5. The average molecular weight is 281 g/mol. The summed E-state index contributed by atoms with van der Waals surface area (Å²) >= 11 is 5.60. The average Bonchev–Trinajstić information content (AvgIpc) is 2.92. The summed E-state index contributed by atoms with van der Waals surface area (Å²) in [5.41, 5.74) is 0.240. The molecule has 19 heavy (non-hydrogen) atoms. The van der Waals surface area contributed by atoms with Crippen LogP contribution in [0.5, 0.6) is 0 Å². The zero-order valence-electron chi connectivity index (χ0n) is 10.4. The minimum Gasteiger partial charge on any atom is -0.322 e. The van der Waals surface area contributed by atoms with E-state index in [1.807, 2.05) is 6.07 Å². The van der Waals surface area contributed by atoms with Gasteiger partial charge in [-0.25, -0.2) is 4.39 Å². The zero-order valence-corrected chi connectivity index (χ0v) is 11.2. The number of benzene rings is 1. The van der Waals surface area contributed by atoms with Gasteiger partial charge in [0.2, 0.25) is 0 Å². The maximum absolute atomic E-state index is 13.4. The second-order valence-electron chi connectivity index (χ2n) is 4.66. The lowest BCUT2D eigenvalue weighted by Crippen LogP contribution is -2.39. The third kappa shape index (κ3) is 3.05. The number of halogens is 2. The van der Waals surface area contributed by atoms with Crippen LogP contribution in [0.2, 0.25) is 5.02 Å². The molecule has 1 fully saturated rings. The number of amides is 1. The summed E-state index contributed by atoms with van der Waals surface area (Å²) in [6.45, 7) is 0.0355. The van der Waals surface area contributed by atoms with Crippen LogP contribution in [0.15, 0.2) is 18.2 Å². The van der Waals surface area contributed by atoms with Gasteiger partial charge in [0.25, 0.3) is 5.91 Å². The van der Waals surface area contributed by atoms with Crippen molar-refractivity contribution in [3.63, 3.8) is 0 Å². The van der Waals surface area contributed by atoms with Crippen molar-refractivity contribution in [3.05, 3.63) is 34.6 Å². The highest BCUT2D eigenvalue weighted by molar-refractivity contribution is 6.30. The van der Waals surface area contributed by atoms with Gasteiger partial charge in [-0.05, 0) is 31.0 Å². The number of nitriles is 1. The van der Waals surface area contributed by atoms with Gasteiger partial charge in [0, 0.05) is 11.6 Å². The van der Waals surface area contributed by atoms with Crippen LogP contribution in [-0.2, 0) is 0 Å². The van der Waals surface area contributed by atoms with Crippen LogP contribution in [0.4, 0.5) is 4.39 Å². The van der Waals surface area contributed by atoms with Gasteiger partial charge < -0.3 is 4.90 Å². The second kappa shape index (κ2) is 6.03. The van der Waals surface area contributed by atoms with Crippen molar-refractivity contribution >= 4 is 17.5 Å². The van der Waals surface area contributed by atoms with Crippen LogP contribution in [0, 0.1) is 17.1 Å². The lowest BCUT2D eigenvalue weighted by molar-refractivity contribution is 0.0709. The Morgan fingerprint density at radius 2 is 2.16 bits per heavy atom. The van der Waals surface area contributed by atoms with Crippen molar-refractivity contribution in [2.24, 2.45) is 0 Å². The maximum Gasteiger partial charge on any atom is 0.255 e. The van der Waals surface area contributed by atoms with E-state index in [-0.39, 0.29) is 29.1 Å². The van der Waals surface area contributed by atoms with Gasteiger partial charge in [-0.1, -0.05) is 24.4 Å². The molecule has 0 saturated heterocycles. The first-order valence-electron chi connectivity index (χ1n) is 6.26. The Labute approximate surface area is 116 Å².